The highest BCUT2D eigenvalue weighted by Gasteiger charge is 1.85. The molecular formula is C7H15NOS. The summed E-state index contributed by atoms with van der Waals surface area (Å²) in [4.78, 5) is 0. The fraction of sp³-hybridized carbons (Fsp3) is 0.857. The van der Waals surface area contributed by atoms with Gasteiger partial charge < -0.3 is 4.74 Å². The minimum absolute atomic E-state index is 0. The molecule has 0 spiro atoms. The maximum atomic E-state index is 7.95. The van der Waals surface area contributed by atoms with Gasteiger partial charge >= 0.3 is 0 Å². The second kappa shape index (κ2) is 11.4. The largest absolute Gasteiger partial charge is 0.428 e. The van der Waals surface area contributed by atoms with Crippen LogP contribution in [0.1, 0.15) is 32.6 Å². The van der Waals surface area contributed by atoms with Crippen molar-refractivity contribution in [3.05, 3.63) is 0 Å². The van der Waals surface area contributed by atoms with Crippen molar-refractivity contribution >= 4 is 13.5 Å². The van der Waals surface area contributed by atoms with Crippen molar-refractivity contribution in [2.24, 2.45) is 0 Å². The molecule has 3 heteroatoms. The lowest BCUT2D eigenvalue weighted by atomic mass is 10.2. The number of nitrogens with zero attached hydrogens (tertiary/aromatic N) is 1. The van der Waals surface area contributed by atoms with Gasteiger partial charge in [-0.3, -0.25) is 0 Å². The van der Waals surface area contributed by atoms with E-state index in [4.69, 9.17) is 5.26 Å². The molecule has 0 rings (SSSR count). The Labute approximate surface area is 69.6 Å². The zero-order valence-electron chi connectivity index (χ0n) is 6.39. The van der Waals surface area contributed by atoms with E-state index in [1.807, 2.05) is 0 Å². The van der Waals surface area contributed by atoms with Crippen LogP contribution in [0.4, 0.5) is 0 Å². The maximum absolute atomic E-state index is 7.95. The van der Waals surface area contributed by atoms with E-state index in [1.54, 1.807) is 6.26 Å². The first kappa shape index (κ1) is 12.3. The van der Waals surface area contributed by atoms with Gasteiger partial charge in [-0.1, -0.05) is 26.2 Å². The fourth-order valence-corrected chi connectivity index (χ4v) is 0.647. The Balaban J connectivity index is 0. The Morgan fingerprint density at radius 2 is 2.00 bits per heavy atom. The van der Waals surface area contributed by atoms with Gasteiger partial charge in [-0.05, 0) is 6.42 Å². The summed E-state index contributed by atoms with van der Waals surface area (Å²) in [5.41, 5.74) is 0. The smallest absolute Gasteiger partial charge is 0.286 e. The highest BCUT2D eigenvalue weighted by Crippen LogP contribution is 1.97. The van der Waals surface area contributed by atoms with Crippen molar-refractivity contribution in [1.82, 2.24) is 0 Å². The Hall–Kier alpha value is -0.360. The molecule has 0 atom stereocenters. The molecule has 60 valence electrons. The van der Waals surface area contributed by atoms with Crippen LogP contribution in [0.25, 0.3) is 0 Å². The number of nitriles is 1. The van der Waals surface area contributed by atoms with E-state index in [2.05, 4.69) is 11.7 Å². The van der Waals surface area contributed by atoms with Crippen molar-refractivity contribution in [3.63, 3.8) is 0 Å². The summed E-state index contributed by atoms with van der Waals surface area (Å²) in [6, 6.07) is 0. The van der Waals surface area contributed by atoms with Crippen LogP contribution in [0.15, 0.2) is 0 Å². The quantitative estimate of drug-likeness (QED) is 0.457. The third-order valence-electron chi connectivity index (χ3n) is 1.16. The summed E-state index contributed by atoms with van der Waals surface area (Å²) < 4.78 is 4.49. The summed E-state index contributed by atoms with van der Waals surface area (Å²) >= 11 is 0. The molecule has 0 aliphatic heterocycles. The van der Waals surface area contributed by atoms with Crippen molar-refractivity contribution in [2.45, 2.75) is 32.6 Å². The normalized spacial score (nSPS) is 7.60. The third-order valence-corrected chi connectivity index (χ3v) is 1.16. The number of rotatable bonds is 5. The van der Waals surface area contributed by atoms with Crippen molar-refractivity contribution in [2.75, 3.05) is 6.61 Å². The van der Waals surface area contributed by atoms with Gasteiger partial charge in [0.25, 0.3) is 6.26 Å². The average Bonchev–Trinajstić information content (AvgIpc) is 1.89. The fourth-order valence-electron chi connectivity index (χ4n) is 0.647. The Bertz CT molecular complexity index is 90.1. The molecule has 0 aliphatic carbocycles. The summed E-state index contributed by atoms with van der Waals surface area (Å²) in [5, 5.41) is 7.95. The number of ether oxygens (including phenoxy) is 1. The predicted octanol–water partition coefficient (Wildman–Crippen LogP) is 2.18. The standard InChI is InChI=1S/C7H13NO.H2S/c1-2-3-4-5-6-9-7-8;/h2-6H2,1H3;1H2. The van der Waals surface area contributed by atoms with Crippen LogP contribution >= 0.6 is 13.5 Å². The molecule has 0 radical (unpaired) electrons. The van der Waals surface area contributed by atoms with E-state index in [0.717, 1.165) is 6.42 Å². The van der Waals surface area contributed by atoms with Crippen molar-refractivity contribution in [1.29, 1.82) is 5.26 Å². The second-order valence-electron chi connectivity index (χ2n) is 2.00. The van der Waals surface area contributed by atoms with E-state index in [9.17, 15) is 0 Å². The monoisotopic (exact) mass is 161 g/mol. The highest BCUT2D eigenvalue weighted by atomic mass is 32.1. The van der Waals surface area contributed by atoms with Gasteiger partial charge in [-0.2, -0.15) is 18.8 Å². The number of unbranched alkanes of at least 4 members (excludes halogenated alkanes) is 3. The van der Waals surface area contributed by atoms with Crippen LogP contribution in [-0.4, -0.2) is 6.61 Å². The first-order valence-corrected chi connectivity index (χ1v) is 3.42. The molecule has 10 heavy (non-hydrogen) atoms. The second-order valence-corrected chi connectivity index (χ2v) is 2.00. The van der Waals surface area contributed by atoms with Gasteiger partial charge in [0, 0.05) is 0 Å². The summed E-state index contributed by atoms with van der Waals surface area (Å²) in [7, 11) is 0. The van der Waals surface area contributed by atoms with E-state index in [-0.39, 0.29) is 13.5 Å². The molecule has 0 fully saturated rings. The molecule has 0 heterocycles. The van der Waals surface area contributed by atoms with E-state index >= 15 is 0 Å². The Morgan fingerprint density at radius 3 is 2.50 bits per heavy atom. The van der Waals surface area contributed by atoms with Gasteiger partial charge in [0.2, 0.25) is 0 Å². The molecule has 0 saturated heterocycles. The SMILES string of the molecule is CCCCCCOC#N.S. The van der Waals surface area contributed by atoms with Crippen LogP contribution in [0, 0.1) is 11.5 Å². The molecule has 0 amide bonds. The predicted molar refractivity (Wildman–Crippen MR) is 46.1 cm³/mol. The van der Waals surface area contributed by atoms with Crippen LogP contribution in [-0.2, 0) is 4.74 Å². The van der Waals surface area contributed by atoms with Crippen LogP contribution in [0.3, 0.4) is 0 Å². The van der Waals surface area contributed by atoms with Crippen LogP contribution < -0.4 is 0 Å². The van der Waals surface area contributed by atoms with Crippen molar-refractivity contribution in [3.8, 4) is 6.26 Å². The minimum Gasteiger partial charge on any atom is -0.428 e. The molecule has 0 aromatic carbocycles. The molecule has 0 N–H and O–H groups in total. The lowest BCUT2D eigenvalue weighted by molar-refractivity contribution is 0.260. The first-order chi connectivity index (χ1) is 4.41. The van der Waals surface area contributed by atoms with E-state index in [0.29, 0.717) is 6.61 Å². The first-order valence-electron chi connectivity index (χ1n) is 3.42. The third kappa shape index (κ3) is 10.6. The number of hydrogen-bond donors (Lipinski definition) is 0. The zero-order chi connectivity index (χ0) is 6.95. The molecule has 2 nitrogen and oxygen atoms in total. The van der Waals surface area contributed by atoms with Gasteiger partial charge in [-0.15, -0.1) is 0 Å². The molecule has 0 aromatic heterocycles. The zero-order valence-corrected chi connectivity index (χ0v) is 7.39. The molecule has 0 aliphatic rings. The lowest BCUT2D eigenvalue weighted by Gasteiger charge is -1.94. The van der Waals surface area contributed by atoms with Crippen LogP contribution in [0.5, 0.6) is 0 Å². The summed E-state index contributed by atoms with van der Waals surface area (Å²) in [5.74, 6) is 0. The van der Waals surface area contributed by atoms with Gasteiger partial charge in [0.05, 0.1) is 0 Å². The highest BCUT2D eigenvalue weighted by molar-refractivity contribution is 7.59. The van der Waals surface area contributed by atoms with Crippen LogP contribution in [0.2, 0.25) is 0 Å². The average molecular weight is 161 g/mol. The lowest BCUT2D eigenvalue weighted by Crippen LogP contribution is -1.86. The molecule has 0 aromatic rings. The number of hydrogen-bond acceptors (Lipinski definition) is 2. The van der Waals surface area contributed by atoms with Gasteiger partial charge in [0.15, 0.2) is 0 Å². The molecule has 0 bridgehead atoms. The topological polar surface area (TPSA) is 33.0 Å². The van der Waals surface area contributed by atoms with Crippen molar-refractivity contribution < 1.29 is 4.74 Å². The summed E-state index contributed by atoms with van der Waals surface area (Å²) in [6.45, 7) is 2.75. The maximum Gasteiger partial charge on any atom is 0.286 e. The minimum atomic E-state index is 0. The Kier molecular flexibility index (Phi) is 14.1. The van der Waals surface area contributed by atoms with E-state index in [1.165, 1.54) is 19.3 Å². The molecule has 0 unspecified atom stereocenters. The molecular weight excluding hydrogens is 146 g/mol. The summed E-state index contributed by atoms with van der Waals surface area (Å²) in [6.07, 6.45) is 6.31. The van der Waals surface area contributed by atoms with Gasteiger partial charge in [0.1, 0.15) is 6.61 Å². The van der Waals surface area contributed by atoms with Gasteiger partial charge in [-0.25, -0.2) is 0 Å². The molecule has 0 saturated carbocycles. The van der Waals surface area contributed by atoms with E-state index < -0.39 is 0 Å². The Morgan fingerprint density at radius 1 is 1.30 bits per heavy atom.